The summed E-state index contributed by atoms with van der Waals surface area (Å²) in [6.45, 7) is 1.77. The first-order valence-electron chi connectivity index (χ1n) is 4.60. The normalized spacial score (nSPS) is 9.47. The number of ether oxygens (including phenoxy) is 1. The summed E-state index contributed by atoms with van der Waals surface area (Å²) in [5.74, 6) is -0.704. The van der Waals surface area contributed by atoms with E-state index in [1.165, 1.54) is 12.1 Å². The topological polar surface area (TPSA) is 93.2 Å². The molecular formula is C10H8N2O4S. The average Bonchev–Trinajstić information content (AvgIpc) is 2.27. The number of esters is 1. The highest BCUT2D eigenvalue weighted by Gasteiger charge is 2.24. The highest BCUT2D eigenvalue weighted by Crippen LogP contribution is 2.30. The van der Waals surface area contributed by atoms with Gasteiger partial charge in [0.25, 0.3) is 0 Å². The van der Waals surface area contributed by atoms with Crippen LogP contribution in [0.1, 0.15) is 22.8 Å². The summed E-state index contributed by atoms with van der Waals surface area (Å²) in [7, 11) is 0. The molecular weight excluding hydrogens is 244 g/mol. The van der Waals surface area contributed by atoms with Crippen LogP contribution in [0.3, 0.4) is 0 Å². The molecule has 0 spiro atoms. The van der Waals surface area contributed by atoms with Gasteiger partial charge in [0.15, 0.2) is 0 Å². The van der Waals surface area contributed by atoms with E-state index in [2.05, 4.69) is 12.6 Å². The van der Waals surface area contributed by atoms with Crippen LogP contribution in [-0.4, -0.2) is 17.5 Å². The lowest BCUT2D eigenvalue weighted by Gasteiger charge is -2.05. The van der Waals surface area contributed by atoms with E-state index in [1.807, 2.05) is 0 Å². The van der Waals surface area contributed by atoms with Crippen molar-refractivity contribution in [2.24, 2.45) is 0 Å². The zero-order valence-electron chi connectivity index (χ0n) is 8.84. The van der Waals surface area contributed by atoms with E-state index in [4.69, 9.17) is 10.00 Å². The molecule has 88 valence electrons. The lowest BCUT2D eigenvalue weighted by molar-refractivity contribution is -0.388. The Morgan fingerprint density at radius 1 is 1.65 bits per heavy atom. The van der Waals surface area contributed by atoms with Crippen molar-refractivity contribution in [1.82, 2.24) is 0 Å². The summed E-state index contributed by atoms with van der Waals surface area (Å²) < 4.78 is 4.72. The maximum Gasteiger partial charge on any atom is 0.339 e. The zero-order valence-corrected chi connectivity index (χ0v) is 9.73. The summed E-state index contributed by atoms with van der Waals surface area (Å²) in [6.07, 6.45) is 0. The minimum absolute atomic E-state index is 0.0270. The number of rotatable bonds is 3. The molecule has 0 heterocycles. The molecule has 0 amide bonds. The van der Waals surface area contributed by atoms with Gasteiger partial charge in [-0.2, -0.15) is 5.26 Å². The van der Waals surface area contributed by atoms with E-state index in [1.54, 1.807) is 13.0 Å². The highest BCUT2D eigenvalue weighted by molar-refractivity contribution is 7.80. The third kappa shape index (κ3) is 2.54. The van der Waals surface area contributed by atoms with Crippen LogP contribution >= 0.6 is 12.6 Å². The Labute approximate surface area is 102 Å². The smallest absolute Gasteiger partial charge is 0.339 e. The van der Waals surface area contributed by atoms with Crippen molar-refractivity contribution in [2.75, 3.05) is 6.61 Å². The molecule has 1 rings (SSSR count). The number of nitro benzene ring substituents is 1. The summed E-state index contributed by atoms with van der Waals surface area (Å²) in [4.78, 5) is 21.3. The van der Waals surface area contributed by atoms with Crippen LogP contribution in [0.2, 0.25) is 0 Å². The minimum Gasteiger partial charge on any atom is -0.462 e. The van der Waals surface area contributed by atoms with Crippen LogP contribution in [0.4, 0.5) is 5.69 Å². The van der Waals surface area contributed by atoms with Crippen molar-refractivity contribution in [2.45, 2.75) is 11.8 Å². The maximum atomic E-state index is 11.5. The Morgan fingerprint density at radius 2 is 2.29 bits per heavy atom. The minimum atomic E-state index is -0.746. The second-order valence-corrected chi connectivity index (χ2v) is 3.39. The van der Waals surface area contributed by atoms with Crippen LogP contribution in [0.25, 0.3) is 0 Å². The number of carbonyl (C=O) groups is 1. The van der Waals surface area contributed by atoms with Gasteiger partial charge in [0.05, 0.1) is 22.0 Å². The molecule has 0 fully saturated rings. The van der Waals surface area contributed by atoms with E-state index in [0.717, 1.165) is 0 Å². The molecule has 1 aromatic rings. The molecule has 0 aromatic heterocycles. The van der Waals surface area contributed by atoms with Crippen molar-refractivity contribution < 1.29 is 14.5 Å². The second kappa shape index (κ2) is 5.32. The van der Waals surface area contributed by atoms with Crippen LogP contribution in [0, 0.1) is 21.4 Å². The highest BCUT2D eigenvalue weighted by atomic mass is 32.1. The van der Waals surface area contributed by atoms with E-state index in [-0.39, 0.29) is 22.6 Å². The molecule has 0 radical (unpaired) electrons. The predicted octanol–water partition coefficient (Wildman–Crippen LogP) is 1.93. The molecule has 0 N–H and O–H groups in total. The fourth-order valence-corrected chi connectivity index (χ4v) is 1.60. The Bertz CT molecular complexity index is 522. The lowest BCUT2D eigenvalue weighted by Crippen LogP contribution is -2.07. The standard InChI is InChI=1S/C10H8N2O4S/c1-2-16-10(13)7-4-3-6(5-11)8(9(7)17)12(14)15/h3-4,17H,2H2,1H3. The summed E-state index contributed by atoms with van der Waals surface area (Å²) in [6, 6.07) is 4.16. The van der Waals surface area contributed by atoms with Crippen LogP contribution in [0.15, 0.2) is 17.0 Å². The Kier molecular flexibility index (Phi) is 4.06. The number of nitro groups is 1. The van der Waals surface area contributed by atoms with E-state index < -0.39 is 16.6 Å². The van der Waals surface area contributed by atoms with Gasteiger partial charge in [-0.3, -0.25) is 10.1 Å². The molecule has 6 nitrogen and oxygen atoms in total. The Hall–Kier alpha value is -2.07. The Balaban J connectivity index is 3.39. The van der Waals surface area contributed by atoms with Crippen molar-refractivity contribution in [1.29, 1.82) is 5.26 Å². The Morgan fingerprint density at radius 3 is 2.76 bits per heavy atom. The number of carbonyl (C=O) groups excluding carboxylic acids is 1. The molecule has 17 heavy (non-hydrogen) atoms. The predicted molar refractivity (Wildman–Crippen MR) is 61.0 cm³/mol. The van der Waals surface area contributed by atoms with Gasteiger partial charge in [-0.05, 0) is 19.1 Å². The quantitative estimate of drug-likeness (QED) is 0.384. The molecule has 0 saturated heterocycles. The SMILES string of the molecule is CCOC(=O)c1ccc(C#N)c([N+](=O)[O-])c1S. The van der Waals surface area contributed by atoms with Gasteiger partial charge in [-0.1, -0.05) is 0 Å². The molecule has 0 bridgehead atoms. The number of nitrogens with zero attached hydrogens (tertiary/aromatic N) is 2. The number of benzene rings is 1. The van der Waals surface area contributed by atoms with Crippen molar-refractivity contribution in [3.8, 4) is 6.07 Å². The number of thiol groups is 1. The third-order valence-corrected chi connectivity index (χ3v) is 2.40. The van der Waals surface area contributed by atoms with Gasteiger partial charge in [0.1, 0.15) is 11.6 Å². The number of nitriles is 1. The molecule has 0 aliphatic carbocycles. The van der Waals surface area contributed by atoms with Gasteiger partial charge in [-0.25, -0.2) is 4.79 Å². The number of hydrogen-bond donors (Lipinski definition) is 1. The van der Waals surface area contributed by atoms with Crippen molar-refractivity contribution >= 4 is 24.3 Å². The van der Waals surface area contributed by atoms with Crippen LogP contribution in [0.5, 0.6) is 0 Å². The first kappa shape index (κ1) is 13.0. The van der Waals surface area contributed by atoms with Crippen molar-refractivity contribution in [3.63, 3.8) is 0 Å². The maximum absolute atomic E-state index is 11.5. The van der Waals surface area contributed by atoms with Gasteiger partial charge >= 0.3 is 11.7 Å². The summed E-state index contributed by atoms with van der Waals surface area (Å²) in [5, 5.41) is 19.5. The molecule has 7 heteroatoms. The van der Waals surface area contributed by atoms with E-state index in [9.17, 15) is 14.9 Å². The first-order valence-corrected chi connectivity index (χ1v) is 5.05. The van der Waals surface area contributed by atoms with Gasteiger partial charge < -0.3 is 4.74 Å². The molecule has 1 aromatic carbocycles. The molecule has 0 aliphatic rings. The van der Waals surface area contributed by atoms with E-state index in [0.29, 0.717) is 0 Å². The van der Waals surface area contributed by atoms with Gasteiger partial charge in [-0.15, -0.1) is 12.6 Å². The molecule has 0 unspecified atom stereocenters. The molecule has 0 aliphatic heterocycles. The number of hydrogen-bond acceptors (Lipinski definition) is 6. The van der Waals surface area contributed by atoms with E-state index >= 15 is 0 Å². The van der Waals surface area contributed by atoms with Crippen LogP contribution in [-0.2, 0) is 4.74 Å². The van der Waals surface area contributed by atoms with Crippen LogP contribution < -0.4 is 0 Å². The monoisotopic (exact) mass is 252 g/mol. The second-order valence-electron chi connectivity index (χ2n) is 2.95. The lowest BCUT2D eigenvalue weighted by atomic mass is 10.1. The fraction of sp³-hybridized carbons (Fsp3) is 0.200. The van der Waals surface area contributed by atoms with Crippen molar-refractivity contribution in [3.05, 3.63) is 33.4 Å². The average molecular weight is 252 g/mol. The molecule has 0 atom stereocenters. The van der Waals surface area contributed by atoms with Gasteiger partial charge in [0.2, 0.25) is 0 Å². The zero-order chi connectivity index (χ0) is 13.0. The summed E-state index contributed by atoms with van der Waals surface area (Å²) in [5.41, 5.74) is -0.657. The first-order chi connectivity index (χ1) is 8.02. The third-order valence-electron chi connectivity index (χ3n) is 1.95. The largest absolute Gasteiger partial charge is 0.462 e. The fourth-order valence-electron chi connectivity index (χ4n) is 1.23. The molecule has 0 saturated carbocycles. The summed E-state index contributed by atoms with van der Waals surface area (Å²) >= 11 is 3.91. The van der Waals surface area contributed by atoms with Gasteiger partial charge in [0, 0.05) is 0 Å².